The van der Waals surface area contributed by atoms with Crippen LogP contribution in [0.25, 0.3) is 0 Å². The van der Waals surface area contributed by atoms with Crippen LogP contribution in [0.5, 0.6) is 0 Å². The zero-order chi connectivity index (χ0) is 15.8. The quantitative estimate of drug-likeness (QED) is 0.760. The minimum Gasteiger partial charge on any atom is -0.367 e. The summed E-state index contributed by atoms with van der Waals surface area (Å²) in [4.78, 5) is 18.6. The number of nitrogens with zero attached hydrogens (tertiary/aromatic N) is 2. The van der Waals surface area contributed by atoms with Crippen molar-refractivity contribution in [2.45, 2.75) is 44.6 Å². The number of pyridine rings is 1. The van der Waals surface area contributed by atoms with E-state index in [2.05, 4.69) is 20.5 Å². The molecule has 0 spiro atoms. The minimum absolute atomic E-state index is 0.0205. The first kappa shape index (κ1) is 16.7. The van der Waals surface area contributed by atoms with Gasteiger partial charge in [-0.05, 0) is 52.0 Å². The Morgan fingerprint density at radius 1 is 1.32 bits per heavy atom. The topological polar surface area (TPSA) is 57.3 Å². The molecule has 0 bridgehead atoms. The molecule has 1 saturated carbocycles. The molecule has 1 aromatic heterocycles. The molecule has 5 heteroatoms. The van der Waals surface area contributed by atoms with Gasteiger partial charge < -0.3 is 15.5 Å². The van der Waals surface area contributed by atoms with Crippen molar-refractivity contribution in [3.05, 3.63) is 23.9 Å². The lowest BCUT2D eigenvalue weighted by molar-refractivity contribution is 0.0952. The predicted octanol–water partition coefficient (Wildman–Crippen LogP) is 2.51. The van der Waals surface area contributed by atoms with E-state index in [4.69, 9.17) is 0 Å². The second-order valence-electron chi connectivity index (χ2n) is 6.32. The molecule has 1 fully saturated rings. The molecule has 1 heterocycles. The average Bonchev–Trinajstić information content (AvgIpc) is 2.52. The Labute approximate surface area is 133 Å². The molecule has 5 nitrogen and oxygen atoms in total. The Hall–Kier alpha value is -1.62. The van der Waals surface area contributed by atoms with Crippen molar-refractivity contribution in [1.82, 2.24) is 15.2 Å². The van der Waals surface area contributed by atoms with Gasteiger partial charge in [0, 0.05) is 24.3 Å². The SMILES string of the molecule is CN(C)CCCNC(=O)c1ccnc(NC2CCCCC2)c1. The van der Waals surface area contributed by atoms with Crippen molar-refractivity contribution >= 4 is 11.7 Å². The van der Waals surface area contributed by atoms with Gasteiger partial charge in [-0.3, -0.25) is 4.79 Å². The molecule has 1 aliphatic rings. The summed E-state index contributed by atoms with van der Waals surface area (Å²) in [7, 11) is 4.07. The molecule has 1 aromatic rings. The lowest BCUT2D eigenvalue weighted by atomic mass is 9.95. The van der Waals surface area contributed by atoms with Gasteiger partial charge >= 0.3 is 0 Å². The normalized spacial score (nSPS) is 15.8. The van der Waals surface area contributed by atoms with Crippen molar-refractivity contribution in [2.24, 2.45) is 0 Å². The van der Waals surface area contributed by atoms with Crippen LogP contribution in [0.15, 0.2) is 18.3 Å². The van der Waals surface area contributed by atoms with E-state index in [0.717, 1.165) is 18.8 Å². The first-order chi connectivity index (χ1) is 10.6. The second kappa shape index (κ2) is 8.73. The van der Waals surface area contributed by atoms with Crippen LogP contribution in [0, 0.1) is 0 Å². The minimum atomic E-state index is -0.0205. The van der Waals surface area contributed by atoms with Crippen LogP contribution in [-0.2, 0) is 0 Å². The molecule has 1 aliphatic carbocycles. The largest absolute Gasteiger partial charge is 0.367 e. The smallest absolute Gasteiger partial charge is 0.251 e. The maximum absolute atomic E-state index is 12.2. The molecule has 2 rings (SSSR count). The highest BCUT2D eigenvalue weighted by Gasteiger charge is 2.14. The van der Waals surface area contributed by atoms with Gasteiger partial charge in [0.15, 0.2) is 0 Å². The molecule has 2 N–H and O–H groups in total. The second-order valence-corrected chi connectivity index (χ2v) is 6.32. The molecule has 0 unspecified atom stereocenters. The van der Waals surface area contributed by atoms with Gasteiger partial charge in [0.05, 0.1) is 0 Å². The van der Waals surface area contributed by atoms with Gasteiger partial charge in [0.1, 0.15) is 5.82 Å². The van der Waals surface area contributed by atoms with E-state index in [1.807, 2.05) is 20.2 Å². The fraction of sp³-hybridized carbons (Fsp3) is 0.647. The summed E-state index contributed by atoms with van der Waals surface area (Å²) in [5.41, 5.74) is 0.679. The third kappa shape index (κ3) is 5.64. The first-order valence-corrected chi connectivity index (χ1v) is 8.30. The molecule has 122 valence electrons. The Kier molecular flexibility index (Phi) is 6.65. The van der Waals surface area contributed by atoms with E-state index < -0.39 is 0 Å². The van der Waals surface area contributed by atoms with E-state index in [9.17, 15) is 4.79 Å². The molecular weight excluding hydrogens is 276 g/mol. The van der Waals surface area contributed by atoms with Crippen molar-refractivity contribution in [1.29, 1.82) is 0 Å². The molecule has 1 amide bonds. The van der Waals surface area contributed by atoms with Crippen LogP contribution < -0.4 is 10.6 Å². The lowest BCUT2D eigenvalue weighted by Crippen LogP contribution is -2.27. The maximum atomic E-state index is 12.2. The highest BCUT2D eigenvalue weighted by molar-refractivity contribution is 5.94. The highest BCUT2D eigenvalue weighted by Crippen LogP contribution is 2.21. The standard InChI is InChI=1S/C17H28N4O/c1-21(2)12-6-10-19-17(22)14-9-11-18-16(13-14)20-15-7-4-3-5-8-15/h9,11,13,15H,3-8,10,12H2,1-2H3,(H,18,20)(H,19,22). The predicted molar refractivity (Wildman–Crippen MR) is 90.2 cm³/mol. The van der Waals surface area contributed by atoms with Crippen molar-refractivity contribution < 1.29 is 4.79 Å². The zero-order valence-electron chi connectivity index (χ0n) is 13.8. The number of aromatic nitrogens is 1. The number of carbonyl (C=O) groups is 1. The summed E-state index contributed by atoms with van der Waals surface area (Å²) in [5, 5.41) is 6.42. The van der Waals surface area contributed by atoms with Gasteiger partial charge in [0.2, 0.25) is 0 Å². The summed E-state index contributed by atoms with van der Waals surface area (Å²) < 4.78 is 0. The van der Waals surface area contributed by atoms with E-state index >= 15 is 0 Å². The van der Waals surface area contributed by atoms with Gasteiger partial charge in [-0.1, -0.05) is 19.3 Å². The Bertz CT molecular complexity index is 469. The van der Waals surface area contributed by atoms with Crippen LogP contribution in [0.1, 0.15) is 48.9 Å². The third-order valence-electron chi connectivity index (χ3n) is 4.05. The van der Waals surface area contributed by atoms with Crippen LogP contribution in [0.2, 0.25) is 0 Å². The summed E-state index contributed by atoms with van der Waals surface area (Å²) in [5.74, 6) is 0.792. The van der Waals surface area contributed by atoms with Gasteiger partial charge in [-0.25, -0.2) is 4.98 Å². The van der Waals surface area contributed by atoms with Crippen molar-refractivity contribution in [3.8, 4) is 0 Å². The summed E-state index contributed by atoms with van der Waals surface area (Å²) in [6.45, 7) is 1.68. The van der Waals surface area contributed by atoms with E-state index in [0.29, 0.717) is 18.2 Å². The number of anilines is 1. The molecule has 0 atom stereocenters. The van der Waals surface area contributed by atoms with E-state index in [-0.39, 0.29) is 5.91 Å². The Morgan fingerprint density at radius 2 is 2.09 bits per heavy atom. The van der Waals surface area contributed by atoms with Crippen LogP contribution in [0.4, 0.5) is 5.82 Å². The fourth-order valence-electron chi connectivity index (χ4n) is 2.81. The first-order valence-electron chi connectivity index (χ1n) is 8.30. The summed E-state index contributed by atoms with van der Waals surface area (Å²) in [6.07, 6.45) is 8.95. The average molecular weight is 304 g/mol. The molecule has 0 saturated heterocycles. The van der Waals surface area contributed by atoms with Crippen molar-refractivity contribution in [3.63, 3.8) is 0 Å². The number of hydrogen-bond acceptors (Lipinski definition) is 4. The van der Waals surface area contributed by atoms with Crippen LogP contribution in [0.3, 0.4) is 0 Å². The number of carbonyl (C=O) groups excluding carboxylic acids is 1. The number of rotatable bonds is 7. The van der Waals surface area contributed by atoms with Crippen molar-refractivity contribution in [2.75, 3.05) is 32.5 Å². The maximum Gasteiger partial charge on any atom is 0.251 e. The Morgan fingerprint density at radius 3 is 2.82 bits per heavy atom. The van der Waals surface area contributed by atoms with E-state index in [1.54, 1.807) is 12.3 Å². The van der Waals surface area contributed by atoms with E-state index in [1.165, 1.54) is 32.1 Å². The van der Waals surface area contributed by atoms with Gasteiger partial charge in [0.25, 0.3) is 5.91 Å². The van der Waals surface area contributed by atoms with Gasteiger partial charge in [-0.2, -0.15) is 0 Å². The molecule has 0 radical (unpaired) electrons. The molecular formula is C17H28N4O. The zero-order valence-corrected chi connectivity index (χ0v) is 13.8. The Balaban J connectivity index is 1.83. The highest BCUT2D eigenvalue weighted by atomic mass is 16.1. The number of amides is 1. The summed E-state index contributed by atoms with van der Waals surface area (Å²) in [6, 6.07) is 4.13. The molecule has 22 heavy (non-hydrogen) atoms. The molecule has 0 aliphatic heterocycles. The number of hydrogen-bond donors (Lipinski definition) is 2. The lowest BCUT2D eigenvalue weighted by Gasteiger charge is -2.23. The summed E-state index contributed by atoms with van der Waals surface area (Å²) >= 11 is 0. The van der Waals surface area contributed by atoms with Gasteiger partial charge in [-0.15, -0.1) is 0 Å². The third-order valence-corrected chi connectivity index (χ3v) is 4.05. The van der Waals surface area contributed by atoms with Crippen LogP contribution in [-0.4, -0.2) is 49.0 Å². The monoisotopic (exact) mass is 304 g/mol. The van der Waals surface area contributed by atoms with Crippen LogP contribution >= 0.6 is 0 Å². The fourth-order valence-corrected chi connectivity index (χ4v) is 2.81. The number of nitrogens with one attached hydrogen (secondary N) is 2. The molecule has 0 aromatic carbocycles.